The molecule has 0 aliphatic carbocycles. The molecule has 3 aromatic rings. The van der Waals surface area contributed by atoms with Crippen molar-refractivity contribution in [2.75, 3.05) is 17.2 Å². The summed E-state index contributed by atoms with van der Waals surface area (Å²) in [4.78, 5) is 15.6. The van der Waals surface area contributed by atoms with Crippen LogP contribution in [0.4, 0.5) is 17.4 Å². The molecule has 0 saturated heterocycles. The topological polar surface area (TPSA) is 87.4 Å². The van der Waals surface area contributed by atoms with Gasteiger partial charge >= 0.3 is 0 Å². The average molecular weight is 318 g/mol. The lowest BCUT2D eigenvalue weighted by Gasteiger charge is -2.09. The molecular weight excluding hydrogens is 306 g/mol. The molecule has 3 N–H and O–H groups in total. The van der Waals surface area contributed by atoms with Crippen LogP contribution in [0.2, 0.25) is 5.02 Å². The summed E-state index contributed by atoms with van der Waals surface area (Å²) in [6.07, 6.45) is 0. The maximum atomic E-state index is 11.3. The van der Waals surface area contributed by atoms with Crippen LogP contribution in [0.3, 0.4) is 0 Å². The molecule has 0 aliphatic rings. The number of hydrogen-bond donors (Lipinski definition) is 3. The highest BCUT2D eigenvalue weighted by Gasteiger charge is 2.10. The van der Waals surface area contributed by atoms with Crippen molar-refractivity contribution in [3.05, 3.63) is 47.5 Å². The van der Waals surface area contributed by atoms with Gasteiger partial charge in [0, 0.05) is 5.02 Å². The van der Waals surface area contributed by atoms with Gasteiger partial charge in [0.25, 0.3) is 6.01 Å². The second kappa shape index (κ2) is 6.05. The van der Waals surface area contributed by atoms with Crippen molar-refractivity contribution >= 4 is 46.0 Å². The van der Waals surface area contributed by atoms with Crippen LogP contribution in [0.1, 0.15) is 0 Å². The Bertz CT molecular complexity index is 832. The molecule has 0 fully saturated rings. The van der Waals surface area contributed by atoms with Gasteiger partial charge < -0.3 is 20.2 Å². The fourth-order valence-corrected chi connectivity index (χ4v) is 2.13. The first-order valence-electron chi connectivity index (χ1n) is 6.48. The highest BCUT2D eigenvalue weighted by atomic mass is 35.5. The van der Waals surface area contributed by atoms with Crippen molar-refractivity contribution < 1.29 is 14.3 Å². The summed E-state index contributed by atoms with van der Waals surface area (Å²) in [6, 6.07) is 12.5. The lowest BCUT2D eigenvalue weighted by molar-refractivity contribution is -0.118. The fourth-order valence-electron chi connectivity index (χ4n) is 1.96. The third-order valence-electron chi connectivity index (χ3n) is 2.94. The number of nitrogens with zero attached hydrogens (tertiary/aromatic N) is 1. The number of anilines is 3. The molecule has 1 amide bonds. The number of nitrogens with one attached hydrogen (secondary N) is 2. The largest absolute Gasteiger partial charge is 0.423 e. The molecular formula is C15H12ClN3O3. The van der Waals surface area contributed by atoms with Crippen LogP contribution in [0.15, 0.2) is 46.9 Å². The molecule has 0 saturated carbocycles. The Morgan fingerprint density at radius 3 is 2.77 bits per heavy atom. The number of aliphatic hydroxyl groups excluding tert-OH is 1. The van der Waals surface area contributed by atoms with Crippen LogP contribution in [-0.2, 0) is 4.79 Å². The van der Waals surface area contributed by atoms with E-state index in [9.17, 15) is 4.79 Å². The number of para-hydroxylation sites is 2. The van der Waals surface area contributed by atoms with Crippen molar-refractivity contribution in [3.63, 3.8) is 0 Å². The van der Waals surface area contributed by atoms with E-state index in [2.05, 4.69) is 15.6 Å². The molecule has 0 radical (unpaired) electrons. The maximum absolute atomic E-state index is 11.3. The monoisotopic (exact) mass is 317 g/mol. The predicted octanol–water partition coefficient (Wildman–Crippen LogP) is 3.16. The minimum Gasteiger partial charge on any atom is -0.423 e. The van der Waals surface area contributed by atoms with Crippen molar-refractivity contribution in [3.8, 4) is 0 Å². The lowest BCUT2D eigenvalue weighted by atomic mass is 10.2. The molecule has 0 spiro atoms. The second-order valence-corrected chi connectivity index (χ2v) is 4.94. The third kappa shape index (κ3) is 3.03. The first-order valence-corrected chi connectivity index (χ1v) is 6.86. The molecule has 6 nitrogen and oxygen atoms in total. The minimum atomic E-state index is -0.588. The van der Waals surface area contributed by atoms with Gasteiger partial charge in [0.05, 0.1) is 11.4 Å². The highest BCUT2D eigenvalue weighted by Crippen LogP contribution is 2.28. The van der Waals surface area contributed by atoms with Gasteiger partial charge in [0.1, 0.15) is 12.1 Å². The summed E-state index contributed by atoms with van der Waals surface area (Å²) in [6.45, 7) is -0.588. The van der Waals surface area contributed by atoms with Gasteiger partial charge in [-0.05, 0) is 30.3 Å². The smallest absolute Gasteiger partial charge is 0.300 e. The quantitative estimate of drug-likeness (QED) is 0.688. The van der Waals surface area contributed by atoms with Crippen LogP contribution >= 0.6 is 11.6 Å². The molecule has 0 bridgehead atoms. The zero-order valence-corrected chi connectivity index (χ0v) is 12.1. The van der Waals surface area contributed by atoms with Crippen LogP contribution < -0.4 is 10.6 Å². The molecule has 1 heterocycles. The van der Waals surface area contributed by atoms with Gasteiger partial charge in [0.15, 0.2) is 5.58 Å². The number of aliphatic hydroxyl groups is 1. The predicted molar refractivity (Wildman–Crippen MR) is 84.5 cm³/mol. The Morgan fingerprint density at radius 1 is 1.23 bits per heavy atom. The first-order chi connectivity index (χ1) is 10.7. The normalized spacial score (nSPS) is 10.6. The number of amides is 1. The maximum Gasteiger partial charge on any atom is 0.300 e. The van der Waals surface area contributed by atoms with E-state index in [-0.39, 0.29) is 6.01 Å². The Kier molecular flexibility index (Phi) is 3.95. The molecule has 7 heteroatoms. The van der Waals surface area contributed by atoms with Gasteiger partial charge in [-0.3, -0.25) is 4.79 Å². The van der Waals surface area contributed by atoms with Gasteiger partial charge in [-0.1, -0.05) is 23.7 Å². The van der Waals surface area contributed by atoms with E-state index >= 15 is 0 Å². The first kappa shape index (κ1) is 14.4. The number of rotatable bonds is 4. The second-order valence-electron chi connectivity index (χ2n) is 4.51. The fraction of sp³-hybridized carbons (Fsp3) is 0.0667. The molecule has 0 atom stereocenters. The van der Waals surface area contributed by atoms with Crippen molar-refractivity contribution in [1.29, 1.82) is 0 Å². The van der Waals surface area contributed by atoms with Crippen LogP contribution in [0.25, 0.3) is 11.1 Å². The van der Waals surface area contributed by atoms with Crippen molar-refractivity contribution in [2.24, 2.45) is 0 Å². The van der Waals surface area contributed by atoms with E-state index in [1.54, 1.807) is 42.5 Å². The van der Waals surface area contributed by atoms with Crippen molar-refractivity contribution in [1.82, 2.24) is 4.98 Å². The zero-order valence-electron chi connectivity index (χ0n) is 11.3. The number of hydrogen-bond acceptors (Lipinski definition) is 5. The number of benzene rings is 2. The molecule has 112 valence electrons. The number of carbonyl (C=O) groups excluding carboxylic acids is 1. The Balaban J connectivity index is 1.89. The Morgan fingerprint density at radius 2 is 2.00 bits per heavy atom. The van der Waals surface area contributed by atoms with E-state index in [1.165, 1.54) is 0 Å². The summed E-state index contributed by atoms with van der Waals surface area (Å²) in [5, 5.41) is 15.0. The van der Waals surface area contributed by atoms with Gasteiger partial charge in [-0.2, -0.15) is 4.98 Å². The van der Waals surface area contributed by atoms with Gasteiger partial charge in [0.2, 0.25) is 5.91 Å². The molecule has 3 rings (SSSR count). The number of fused-ring (bicyclic) bond motifs is 1. The Hall–Kier alpha value is -2.57. The summed E-state index contributed by atoms with van der Waals surface area (Å²) < 4.78 is 5.57. The molecule has 0 aliphatic heterocycles. The van der Waals surface area contributed by atoms with Gasteiger partial charge in [-0.25, -0.2) is 0 Å². The van der Waals surface area contributed by atoms with Crippen LogP contribution in [-0.4, -0.2) is 22.6 Å². The van der Waals surface area contributed by atoms with E-state index in [0.717, 1.165) is 0 Å². The number of oxazole rings is 1. The summed E-state index contributed by atoms with van der Waals surface area (Å²) in [7, 11) is 0. The molecule has 22 heavy (non-hydrogen) atoms. The minimum absolute atomic E-state index is 0.281. The van der Waals surface area contributed by atoms with Crippen LogP contribution in [0.5, 0.6) is 0 Å². The molecule has 1 aromatic heterocycles. The van der Waals surface area contributed by atoms with E-state index < -0.39 is 12.5 Å². The van der Waals surface area contributed by atoms with Gasteiger partial charge in [-0.15, -0.1) is 0 Å². The third-order valence-corrected chi connectivity index (χ3v) is 3.17. The molecule has 0 unspecified atom stereocenters. The standard InChI is InChI=1S/C15H12ClN3O3/c16-9-5-6-13-12(7-9)19-15(22-13)18-11-4-2-1-3-10(11)17-14(21)8-20/h1-7,20H,8H2,(H,17,21)(H,18,19). The highest BCUT2D eigenvalue weighted by molar-refractivity contribution is 6.31. The summed E-state index contributed by atoms with van der Waals surface area (Å²) in [5.41, 5.74) is 2.35. The van der Waals surface area contributed by atoms with Crippen LogP contribution in [0, 0.1) is 0 Å². The number of aromatic nitrogens is 1. The Labute approximate surface area is 130 Å². The summed E-state index contributed by atoms with van der Waals surface area (Å²) >= 11 is 5.91. The van der Waals surface area contributed by atoms with E-state index in [0.29, 0.717) is 27.5 Å². The number of carbonyl (C=O) groups is 1. The summed E-state index contributed by atoms with van der Waals surface area (Å²) in [5.74, 6) is -0.501. The van der Waals surface area contributed by atoms with E-state index in [4.69, 9.17) is 21.1 Å². The zero-order chi connectivity index (χ0) is 15.5. The lowest BCUT2D eigenvalue weighted by Crippen LogP contribution is -2.16. The number of halogens is 1. The van der Waals surface area contributed by atoms with Crippen molar-refractivity contribution in [2.45, 2.75) is 0 Å². The average Bonchev–Trinajstić information content (AvgIpc) is 2.90. The molecule has 2 aromatic carbocycles. The van der Waals surface area contributed by atoms with E-state index in [1.807, 2.05) is 0 Å². The SMILES string of the molecule is O=C(CO)Nc1ccccc1Nc1nc2cc(Cl)ccc2o1.